The van der Waals surface area contributed by atoms with Gasteiger partial charge in [0.2, 0.25) is 5.91 Å². The molecule has 0 heterocycles. The van der Waals surface area contributed by atoms with Crippen molar-refractivity contribution in [3.8, 4) is 0 Å². The van der Waals surface area contributed by atoms with Crippen LogP contribution in [0, 0.1) is 0 Å². The van der Waals surface area contributed by atoms with Crippen LogP contribution < -0.4 is 5.32 Å². The number of nitrogens with one attached hydrogen (secondary N) is 1. The summed E-state index contributed by atoms with van der Waals surface area (Å²) in [6, 6.07) is 16.2. The largest absolute Gasteiger partial charge is 0.325 e. The Kier molecular flexibility index (Phi) is 5.71. The van der Waals surface area contributed by atoms with E-state index in [0.717, 1.165) is 11.8 Å². The zero-order valence-electron chi connectivity index (χ0n) is 12.9. The summed E-state index contributed by atoms with van der Waals surface area (Å²) in [5.74, 6) is -0.209. The van der Waals surface area contributed by atoms with Gasteiger partial charge in [0.1, 0.15) is 0 Å². The van der Waals surface area contributed by atoms with Gasteiger partial charge in [-0.25, -0.2) is 8.42 Å². The van der Waals surface area contributed by atoms with Crippen LogP contribution in [-0.4, -0.2) is 20.6 Å². The molecule has 2 aromatic carbocycles. The van der Waals surface area contributed by atoms with Gasteiger partial charge in [-0.1, -0.05) is 54.6 Å². The van der Waals surface area contributed by atoms with E-state index in [0.29, 0.717) is 18.5 Å². The molecule has 0 aliphatic rings. The monoisotopic (exact) mass is 329 g/mol. The topological polar surface area (TPSA) is 63.2 Å². The third-order valence-electron chi connectivity index (χ3n) is 3.21. The molecule has 4 nitrogen and oxygen atoms in total. The van der Waals surface area contributed by atoms with E-state index in [1.54, 1.807) is 18.2 Å². The number of allylic oxidation sites excluding steroid dienone is 1. The number of carbonyl (C=O) groups excluding carboxylic acids is 1. The van der Waals surface area contributed by atoms with Gasteiger partial charge in [0.05, 0.1) is 10.6 Å². The second-order valence-electron chi connectivity index (χ2n) is 5.17. The number of para-hydroxylation sites is 1. The second kappa shape index (κ2) is 7.74. The van der Waals surface area contributed by atoms with Gasteiger partial charge in [-0.05, 0) is 24.1 Å². The summed E-state index contributed by atoms with van der Waals surface area (Å²) in [6.07, 6.45) is 5.89. The van der Waals surface area contributed by atoms with Crippen molar-refractivity contribution in [2.24, 2.45) is 0 Å². The minimum atomic E-state index is -3.37. The molecule has 0 radical (unpaired) electrons. The first kappa shape index (κ1) is 17.0. The van der Waals surface area contributed by atoms with Crippen molar-refractivity contribution < 1.29 is 13.2 Å². The minimum Gasteiger partial charge on any atom is -0.325 e. The summed E-state index contributed by atoms with van der Waals surface area (Å²) in [5, 5.41) is 2.66. The average molecular weight is 329 g/mol. The second-order valence-corrected chi connectivity index (χ2v) is 7.15. The minimum absolute atomic E-state index is 0.133. The van der Waals surface area contributed by atoms with Crippen LogP contribution in [0.3, 0.4) is 0 Å². The van der Waals surface area contributed by atoms with Gasteiger partial charge >= 0.3 is 0 Å². The van der Waals surface area contributed by atoms with Gasteiger partial charge in [0.25, 0.3) is 0 Å². The smallest absolute Gasteiger partial charge is 0.224 e. The number of rotatable bonds is 6. The van der Waals surface area contributed by atoms with E-state index in [4.69, 9.17) is 0 Å². The van der Waals surface area contributed by atoms with Crippen molar-refractivity contribution in [1.29, 1.82) is 0 Å². The molecule has 2 aromatic rings. The van der Waals surface area contributed by atoms with Gasteiger partial charge in [-0.15, -0.1) is 0 Å². The SMILES string of the molecule is CS(=O)(=O)c1ccccc1NC(=O)CCC=Cc1ccccc1. The molecule has 0 aromatic heterocycles. The lowest BCUT2D eigenvalue weighted by molar-refractivity contribution is -0.116. The normalized spacial score (nSPS) is 11.5. The van der Waals surface area contributed by atoms with E-state index in [1.807, 2.05) is 42.5 Å². The van der Waals surface area contributed by atoms with Crippen LogP contribution in [0.4, 0.5) is 5.69 Å². The van der Waals surface area contributed by atoms with Crippen molar-refractivity contribution in [3.63, 3.8) is 0 Å². The Morgan fingerprint density at radius 3 is 2.39 bits per heavy atom. The number of amides is 1. The molecule has 0 unspecified atom stereocenters. The molecular formula is C18H19NO3S. The highest BCUT2D eigenvalue weighted by Gasteiger charge is 2.13. The summed E-state index contributed by atoms with van der Waals surface area (Å²) >= 11 is 0. The Labute approximate surface area is 136 Å². The van der Waals surface area contributed by atoms with E-state index in [9.17, 15) is 13.2 Å². The number of anilines is 1. The zero-order valence-corrected chi connectivity index (χ0v) is 13.7. The van der Waals surface area contributed by atoms with Crippen LogP contribution >= 0.6 is 0 Å². The van der Waals surface area contributed by atoms with Crippen molar-refractivity contribution in [2.75, 3.05) is 11.6 Å². The lowest BCUT2D eigenvalue weighted by Crippen LogP contribution is -2.13. The standard InChI is InChI=1S/C18H19NO3S/c1-23(21,22)17-13-7-6-12-16(17)19-18(20)14-8-5-11-15-9-3-2-4-10-15/h2-7,9-13H,8,14H2,1H3,(H,19,20). The third kappa shape index (κ3) is 5.38. The zero-order chi connectivity index (χ0) is 16.7. The van der Waals surface area contributed by atoms with Crippen LogP contribution in [0.5, 0.6) is 0 Å². The van der Waals surface area contributed by atoms with Crippen molar-refractivity contribution in [3.05, 3.63) is 66.2 Å². The van der Waals surface area contributed by atoms with E-state index in [1.165, 1.54) is 6.07 Å². The van der Waals surface area contributed by atoms with Crippen LogP contribution in [0.2, 0.25) is 0 Å². The van der Waals surface area contributed by atoms with Crippen LogP contribution in [-0.2, 0) is 14.6 Å². The Balaban J connectivity index is 1.92. The number of benzene rings is 2. The summed E-state index contributed by atoms with van der Waals surface area (Å²) in [5.41, 5.74) is 1.40. The number of sulfone groups is 1. The van der Waals surface area contributed by atoms with Crippen molar-refractivity contribution in [1.82, 2.24) is 0 Å². The number of carbonyl (C=O) groups is 1. The van der Waals surface area contributed by atoms with Crippen molar-refractivity contribution >= 4 is 27.5 Å². The molecule has 0 saturated heterocycles. The summed E-state index contributed by atoms with van der Waals surface area (Å²) in [4.78, 5) is 12.1. The molecule has 1 amide bonds. The Bertz CT molecular complexity index is 796. The molecule has 0 fully saturated rings. The van der Waals surface area contributed by atoms with Gasteiger partial charge in [0.15, 0.2) is 9.84 Å². The Hall–Kier alpha value is -2.40. The first-order valence-electron chi connectivity index (χ1n) is 7.27. The fourth-order valence-corrected chi connectivity index (χ4v) is 2.95. The molecule has 23 heavy (non-hydrogen) atoms. The molecule has 2 rings (SSSR count). The first-order chi connectivity index (χ1) is 11.0. The predicted octanol–water partition coefficient (Wildman–Crippen LogP) is 3.52. The molecule has 0 bridgehead atoms. The van der Waals surface area contributed by atoms with Crippen LogP contribution in [0.1, 0.15) is 18.4 Å². The number of hydrogen-bond acceptors (Lipinski definition) is 3. The third-order valence-corrected chi connectivity index (χ3v) is 4.36. The molecule has 0 saturated carbocycles. The average Bonchev–Trinajstić information content (AvgIpc) is 2.52. The lowest BCUT2D eigenvalue weighted by Gasteiger charge is -2.09. The summed E-state index contributed by atoms with van der Waals surface area (Å²) < 4.78 is 23.4. The number of hydrogen-bond donors (Lipinski definition) is 1. The Morgan fingerprint density at radius 2 is 1.70 bits per heavy atom. The maximum absolute atomic E-state index is 12.0. The van der Waals surface area contributed by atoms with E-state index in [-0.39, 0.29) is 10.8 Å². The van der Waals surface area contributed by atoms with E-state index < -0.39 is 9.84 Å². The molecule has 0 aliphatic heterocycles. The lowest BCUT2D eigenvalue weighted by atomic mass is 10.2. The highest BCUT2D eigenvalue weighted by molar-refractivity contribution is 7.90. The van der Waals surface area contributed by atoms with Gasteiger partial charge < -0.3 is 5.32 Å². The quantitative estimate of drug-likeness (QED) is 0.882. The van der Waals surface area contributed by atoms with E-state index >= 15 is 0 Å². The molecule has 0 aliphatic carbocycles. The molecule has 1 N–H and O–H groups in total. The summed E-state index contributed by atoms with van der Waals surface area (Å²) in [6.45, 7) is 0. The molecule has 120 valence electrons. The fraction of sp³-hybridized carbons (Fsp3) is 0.167. The predicted molar refractivity (Wildman–Crippen MR) is 92.9 cm³/mol. The van der Waals surface area contributed by atoms with Gasteiger partial charge in [-0.3, -0.25) is 4.79 Å². The van der Waals surface area contributed by atoms with Crippen molar-refractivity contribution in [2.45, 2.75) is 17.7 Å². The van der Waals surface area contributed by atoms with Gasteiger partial charge in [-0.2, -0.15) is 0 Å². The van der Waals surface area contributed by atoms with Gasteiger partial charge in [0, 0.05) is 12.7 Å². The maximum atomic E-state index is 12.0. The summed E-state index contributed by atoms with van der Waals surface area (Å²) in [7, 11) is -3.37. The Morgan fingerprint density at radius 1 is 1.04 bits per heavy atom. The molecule has 0 spiro atoms. The highest BCUT2D eigenvalue weighted by Crippen LogP contribution is 2.20. The fourth-order valence-electron chi connectivity index (χ4n) is 2.10. The van der Waals surface area contributed by atoms with Crippen LogP contribution in [0.15, 0.2) is 65.6 Å². The molecule has 0 atom stereocenters. The molecular weight excluding hydrogens is 310 g/mol. The highest BCUT2D eigenvalue weighted by atomic mass is 32.2. The first-order valence-corrected chi connectivity index (χ1v) is 9.16. The maximum Gasteiger partial charge on any atom is 0.224 e. The molecule has 5 heteroatoms. The van der Waals surface area contributed by atoms with E-state index in [2.05, 4.69) is 5.32 Å². The van der Waals surface area contributed by atoms with Crippen LogP contribution in [0.25, 0.3) is 6.08 Å².